The second-order valence-electron chi connectivity index (χ2n) is 9.47. The zero-order chi connectivity index (χ0) is 21.5. The van der Waals surface area contributed by atoms with Crippen LogP contribution in [0.15, 0.2) is 0 Å². The number of nitrogens with zero attached hydrogens (tertiary/aromatic N) is 1. The summed E-state index contributed by atoms with van der Waals surface area (Å²) in [5, 5.41) is 19.7. The number of likely N-dealkylation sites (N-methyl/N-ethyl adjacent to an activating group) is 1. The molecule has 0 bridgehead atoms. The van der Waals surface area contributed by atoms with Gasteiger partial charge in [0.1, 0.15) is 6.54 Å². The van der Waals surface area contributed by atoms with Gasteiger partial charge in [0.15, 0.2) is 11.4 Å². The molecule has 0 aromatic rings. The summed E-state index contributed by atoms with van der Waals surface area (Å²) in [6.45, 7) is 2.37. The van der Waals surface area contributed by atoms with E-state index in [2.05, 4.69) is 6.92 Å². The summed E-state index contributed by atoms with van der Waals surface area (Å²) in [5.41, 5.74) is -1.76. The van der Waals surface area contributed by atoms with Gasteiger partial charge in [0.25, 0.3) is 0 Å². The van der Waals surface area contributed by atoms with Crippen LogP contribution in [-0.4, -0.2) is 59.7 Å². The first-order valence-corrected chi connectivity index (χ1v) is 11.4. The number of hydrogen-bond donors (Lipinski definition) is 2. The number of hydrogen-bond acceptors (Lipinski definition) is 3. The fourth-order valence-corrected chi connectivity index (χ4v) is 3.81. The van der Waals surface area contributed by atoms with Gasteiger partial charge in [-0.25, -0.2) is 0 Å². The van der Waals surface area contributed by atoms with E-state index in [0.717, 1.165) is 19.3 Å². The van der Waals surface area contributed by atoms with Crippen LogP contribution in [0.5, 0.6) is 0 Å². The maximum atomic E-state index is 12.5. The summed E-state index contributed by atoms with van der Waals surface area (Å²) in [5.74, 6) is -1.46. The van der Waals surface area contributed by atoms with Crippen molar-refractivity contribution in [2.45, 2.75) is 109 Å². The highest BCUT2D eigenvalue weighted by Gasteiger charge is 2.42. The molecule has 0 unspecified atom stereocenters. The minimum absolute atomic E-state index is 0.122. The van der Waals surface area contributed by atoms with E-state index >= 15 is 0 Å². The maximum absolute atomic E-state index is 12.5. The topological polar surface area (TPSA) is 74.6 Å². The van der Waals surface area contributed by atoms with Crippen LogP contribution < -0.4 is 0 Å². The van der Waals surface area contributed by atoms with E-state index in [4.69, 9.17) is 5.11 Å². The lowest BCUT2D eigenvalue weighted by atomic mass is 9.89. The molecule has 0 aliphatic rings. The van der Waals surface area contributed by atoms with Crippen molar-refractivity contribution in [2.24, 2.45) is 0 Å². The average molecular weight is 401 g/mol. The van der Waals surface area contributed by atoms with Crippen LogP contribution in [0.4, 0.5) is 0 Å². The predicted octanol–water partition coefficient (Wildman–Crippen LogP) is 4.95. The summed E-state index contributed by atoms with van der Waals surface area (Å²) in [6.07, 6.45) is 15.8. The molecular weight excluding hydrogens is 354 g/mol. The van der Waals surface area contributed by atoms with E-state index < -0.39 is 18.0 Å². The standard InChI is InChI=1S/C23H45NO4/c1-5-6-7-8-9-10-11-12-13-14-15-16-17-18-21(25)23(28,19-22(26)27)20-24(2,3)4/h28H,5-20H2,1-4H3/p+1/t23-/m1/s1. The number of unbranched alkanes of at least 4 members (excludes halogenated alkanes) is 12. The van der Waals surface area contributed by atoms with Crippen LogP contribution >= 0.6 is 0 Å². The molecule has 0 fully saturated rings. The van der Waals surface area contributed by atoms with Crippen LogP contribution in [0.25, 0.3) is 0 Å². The van der Waals surface area contributed by atoms with Crippen LogP contribution in [0, 0.1) is 0 Å². The van der Waals surface area contributed by atoms with E-state index in [0.29, 0.717) is 4.48 Å². The van der Waals surface area contributed by atoms with Crippen LogP contribution in [0.2, 0.25) is 0 Å². The average Bonchev–Trinajstić information content (AvgIpc) is 2.56. The molecule has 5 nitrogen and oxygen atoms in total. The van der Waals surface area contributed by atoms with Gasteiger partial charge in [-0.15, -0.1) is 0 Å². The Labute approximate surface area is 173 Å². The van der Waals surface area contributed by atoms with E-state index in [1.165, 1.54) is 64.2 Å². The Kier molecular flexibility index (Phi) is 14.5. The summed E-state index contributed by atoms with van der Waals surface area (Å²) in [4.78, 5) is 23.5. The fraction of sp³-hybridized carbons (Fsp3) is 0.913. The number of carboxylic acids is 1. The normalized spacial score (nSPS) is 14.0. The Morgan fingerprint density at radius 1 is 0.750 bits per heavy atom. The number of carbonyl (C=O) groups is 2. The van der Waals surface area contributed by atoms with Crippen molar-refractivity contribution in [1.29, 1.82) is 0 Å². The Balaban J connectivity index is 3.85. The molecule has 0 heterocycles. The number of rotatable bonds is 19. The van der Waals surface area contributed by atoms with E-state index in [-0.39, 0.29) is 18.7 Å². The van der Waals surface area contributed by atoms with Gasteiger partial charge < -0.3 is 14.7 Å². The third kappa shape index (κ3) is 15.0. The maximum Gasteiger partial charge on any atom is 0.306 e. The van der Waals surface area contributed by atoms with Crippen molar-refractivity contribution < 1.29 is 24.3 Å². The first-order valence-electron chi connectivity index (χ1n) is 11.4. The lowest BCUT2D eigenvalue weighted by Gasteiger charge is -2.33. The number of aliphatic carboxylic acids is 1. The van der Waals surface area contributed by atoms with Gasteiger partial charge in [0, 0.05) is 6.42 Å². The van der Waals surface area contributed by atoms with Gasteiger partial charge in [-0.2, -0.15) is 0 Å². The largest absolute Gasteiger partial charge is 0.481 e. The summed E-state index contributed by atoms with van der Waals surface area (Å²) in [6, 6.07) is 0. The van der Waals surface area contributed by atoms with Crippen LogP contribution in [-0.2, 0) is 9.59 Å². The Morgan fingerprint density at radius 3 is 1.50 bits per heavy atom. The Bertz CT molecular complexity index is 431. The molecule has 0 aliphatic carbocycles. The third-order valence-corrected chi connectivity index (χ3v) is 5.21. The van der Waals surface area contributed by atoms with E-state index in [1.807, 2.05) is 21.1 Å². The smallest absolute Gasteiger partial charge is 0.306 e. The van der Waals surface area contributed by atoms with E-state index in [1.54, 1.807) is 0 Å². The van der Waals surface area contributed by atoms with Crippen molar-refractivity contribution >= 4 is 11.8 Å². The van der Waals surface area contributed by atoms with Crippen LogP contribution in [0.1, 0.15) is 103 Å². The molecule has 5 heteroatoms. The summed E-state index contributed by atoms with van der Waals surface area (Å²) >= 11 is 0. The molecule has 0 rings (SSSR count). The highest BCUT2D eigenvalue weighted by molar-refractivity contribution is 5.90. The molecule has 166 valence electrons. The molecule has 0 amide bonds. The SMILES string of the molecule is CCCCCCCCCCCCCCCC(=O)[C@@](O)(CC(=O)O)C[N+](C)(C)C. The van der Waals surface area contributed by atoms with Crippen molar-refractivity contribution in [2.75, 3.05) is 27.7 Å². The third-order valence-electron chi connectivity index (χ3n) is 5.21. The number of ketones is 1. The second kappa shape index (κ2) is 15.0. The number of carboxylic acid groups (broad SMARTS) is 1. The van der Waals surface area contributed by atoms with Crippen molar-refractivity contribution in [3.8, 4) is 0 Å². The lowest BCUT2D eigenvalue weighted by Crippen LogP contribution is -2.54. The van der Waals surface area contributed by atoms with E-state index in [9.17, 15) is 14.7 Å². The van der Waals surface area contributed by atoms with Crippen molar-refractivity contribution in [1.82, 2.24) is 0 Å². The first kappa shape index (κ1) is 27.1. The zero-order valence-corrected chi connectivity index (χ0v) is 19.0. The zero-order valence-electron chi connectivity index (χ0n) is 19.0. The lowest BCUT2D eigenvalue weighted by molar-refractivity contribution is -0.875. The van der Waals surface area contributed by atoms with Gasteiger partial charge in [-0.05, 0) is 6.42 Å². The summed E-state index contributed by atoms with van der Waals surface area (Å²) in [7, 11) is 5.56. The number of Topliss-reactive ketones (excluding diaryl/α,β-unsaturated/α-hetero) is 1. The molecule has 0 radical (unpaired) electrons. The molecule has 0 aliphatic heterocycles. The molecule has 0 aromatic carbocycles. The highest BCUT2D eigenvalue weighted by atomic mass is 16.4. The number of carbonyl (C=O) groups excluding carboxylic acids is 1. The number of quaternary nitrogens is 1. The molecule has 28 heavy (non-hydrogen) atoms. The fourth-order valence-electron chi connectivity index (χ4n) is 3.81. The van der Waals surface area contributed by atoms with Crippen LogP contribution in [0.3, 0.4) is 0 Å². The van der Waals surface area contributed by atoms with Gasteiger partial charge >= 0.3 is 5.97 Å². The monoisotopic (exact) mass is 400 g/mol. The summed E-state index contributed by atoms with van der Waals surface area (Å²) < 4.78 is 0.355. The van der Waals surface area contributed by atoms with Crippen molar-refractivity contribution in [3.05, 3.63) is 0 Å². The predicted molar refractivity (Wildman–Crippen MR) is 115 cm³/mol. The minimum Gasteiger partial charge on any atom is -0.481 e. The highest BCUT2D eigenvalue weighted by Crippen LogP contribution is 2.20. The molecular formula is C23H46NO4+. The molecule has 0 saturated heterocycles. The van der Waals surface area contributed by atoms with Gasteiger partial charge in [0.2, 0.25) is 0 Å². The molecule has 1 atom stereocenters. The van der Waals surface area contributed by atoms with Gasteiger partial charge in [-0.3, -0.25) is 9.59 Å². The molecule has 0 aromatic heterocycles. The van der Waals surface area contributed by atoms with Crippen molar-refractivity contribution in [3.63, 3.8) is 0 Å². The second-order valence-corrected chi connectivity index (χ2v) is 9.47. The molecule has 0 spiro atoms. The van der Waals surface area contributed by atoms with Gasteiger partial charge in [-0.1, -0.05) is 84.0 Å². The molecule has 2 N–H and O–H groups in total. The van der Waals surface area contributed by atoms with Gasteiger partial charge in [0.05, 0.1) is 27.6 Å². The minimum atomic E-state index is -1.76. The Hall–Kier alpha value is -0.940. The quantitative estimate of drug-likeness (QED) is 0.238. The molecule has 0 saturated carbocycles. The first-order chi connectivity index (χ1) is 13.1. The number of aliphatic hydroxyl groups is 1. The Morgan fingerprint density at radius 2 is 1.14 bits per heavy atom.